The fraction of sp³-hybridized carbons (Fsp3) is 0.600. The van der Waals surface area contributed by atoms with Gasteiger partial charge >= 0.3 is 0 Å². The molecule has 58 valence electrons. The maximum Gasteiger partial charge on any atom is 0.247 e. The van der Waals surface area contributed by atoms with E-state index in [0.29, 0.717) is 0 Å². The van der Waals surface area contributed by atoms with Gasteiger partial charge in [0.25, 0.3) is 0 Å². The van der Waals surface area contributed by atoms with Crippen LogP contribution in [0.15, 0.2) is 11.2 Å². The van der Waals surface area contributed by atoms with Crippen molar-refractivity contribution < 1.29 is 9.05 Å². The second-order valence-corrected chi connectivity index (χ2v) is 6.95. The second kappa shape index (κ2) is 3.26. The lowest BCUT2D eigenvalue weighted by Crippen LogP contribution is -1.96. The summed E-state index contributed by atoms with van der Waals surface area (Å²) in [5.74, 6) is 0.876. The van der Waals surface area contributed by atoms with E-state index < -0.39 is 6.49 Å². The summed E-state index contributed by atoms with van der Waals surface area (Å²) in [6.07, 6.45) is 0. The minimum absolute atomic E-state index is 0.788. The van der Waals surface area contributed by atoms with Gasteiger partial charge in [-0.1, -0.05) is 0 Å². The molecule has 1 aliphatic rings. The summed E-state index contributed by atoms with van der Waals surface area (Å²) in [7, 11) is 1.61. The van der Waals surface area contributed by atoms with Crippen LogP contribution in [0.25, 0.3) is 0 Å². The molecular weight excluding hydrogens is 187 g/mol. The molecule has 0 amide bonds. The first-order valence-electron chi connectivity index (χ1n) is 2.79. The Bertz CT molecular complexity index is 202. The van der Waals surface area contributed by atoms with E-state index in [-0.39, 0.29) is 0 Å². The molecule has 0 spiro atoms. The molecule has 0 aliphatic carbocycles. The molecule has 0 aromatic heterocycles. The van der Waals surface area contributed by atoms with Crippen LogP contribution in [-0.2, 0) is 20.9 Å². The van der Waals surface area contributed by atoms with Crippen LogP contribution < -0.4 is 0 Å². The maximum atomic E-state index is 5.37. The molecule has 0 bridgehead atoms. The first kappa shape index (κ1) is 8.60. The van der Waals surface area contributed by atoms with E-state index in [4.69, 9.17) is 20.9 Å². The number of allylic oxidation sites excluding steroid dienone is 1. The maximum absolute atomic E-state index is 5.37. The number of hydrogen-bond donors (Lipinski definition) is 0. The van der Waals surface area contributed by atoms with Gasteiger partial charge in [0.15, 0.2) is 0 Å². The molecule has 0 aromatic rings. The van der Waals surface area contributed by atoms with Gasteiger partial charge in [0.1, 0.15) is 5.76 Å². The van der Waals surface area contributed by atoms with Crippen molar-refractivity contribution in [2.75, 3.05) is 12.6 Å². The van der Waals surface area contributed by atoms with Crippen LogP contribution in [-0.4, -0.2) is 12.6 Å². The third-order valence-electron chi connectivity index (χ3n) is 1.04. The average Bonchev–Trinajstić information content (AvgIpc) is 1.88. The van der Waals surface area contributed by atoms with Gasteiger partial charge in [-0.2, -0.15) is 0 Å². The van der Waals surface area contributed by atoms with Gasteiger partial charge in [0.2, 0.25) is 6.49 Å². The first-order chi connectivity index (χ1) is 4.66. The molecule has 1 rings (SSSR count). The van der Waals surface area contributed by atoms with Crippen molar-refractivity contribution >= 4 is 30.1 Å². The molecule has 0 radical (unpaired) electrons. The van der Waals surface area contributed by atoms with Gasteiger partial charge in [-0.05, 0) is 18.7 Å². The van der Waals surface area contributed by atoms with Crippen LogP contribution >= 0.6 is 18.3 Å². The van der Waals surface area contributed by atoms with E-state index in [1.165, 1.54) is 0 Å². The Morgan fingerprint density at radius 1 is 1.90 bits per heavy atom. The molecule has 10 heavy (non-hydrogen) atoms. The third kappa shape index (κ3) is 1.99. The number of hydrogen-bond acceptors (Lipinski definition) is 4. The predicted molar refractivity (Wildman–Crippen MR) is 48.6 cm³/mol. The smallest absolute Gasteiger partial charge is 0.247 e. The highest BCUT2D eigenvalue weighted by molar-refractivity contribution is 8.19. The summed E-state index contributed by atoms with van der Waals surface area (Å²) >= 11 is 6.80. The first-order valence-corrected chi connectivity index (χ1v) is 6.66. The topological polar surface area (TPSA) is 18.5 Å². The van der Waals surface area contributed by atoms with E-state index in [2.05, 4.69) is 0 Å². The molecule has 2 nitrogen and oxygen atoms in total. The summed E-state index contributed by atoms with van der Waals surface area (Å²) < 4.78 is 10.5. The van der Waals surface area contributed by atoms with Crippen LogP contribution in [0.4, 0.5) is 0 Å². The van der Waals surface area contributed by atoms with Crippen LogP contribution in [0.5, 0.6) is 0 Å². The molecular formula is C5H9O2PS2. The van der Waals surface area contributed by atoms with Crippen molar-refractivity contribution in [1.82, 2.24) is 0 Å². The molecule has 1 aliphatic heterocycles. The van der Waals surface area contributed by atoms with Gasteiger partial charge in [0.05, 0.1) is 5.49 Å². The number of rotatable bonds is 1. The highest BCUT2D eigenvalue weighted by Crippen LogP contribution is 2.55. The van der Waals surface area contributed by atoms with Crippen molar-refractivity contribution in [2.24, 2.45) is 0 Å². The largest absolute Gasteiger partial charge is 0.447 e. The molecule has 1 heterocycles. The molecule has 1 atom stereocenters. The third-order valence-corrected chi connectivity index (χ3v) is 6.14. The highest BCUT2D eigenvalue weighted by atomic mass is 32.5. The average molecular weight is 196 g/mol. The molecule has 0 unspecified atom stereocenters. The Morgan fingerprint density at radius 2 is 2.60 bits per heavy atom. The fourth-order valence-electron chi connectivity index (χ4n) is 0.603. The summed E-state index contributed by atoms with van der Waals surface area (Å²) in [5.41, 5.74) is 0.788. The van der Waals surface area contributed by atoms with Crippen LogP contribution in [0.2, 0.25) is 0 Å². The van der Waals surface area contributed by atoms with Crippen LogP contribution in [0.3, 0.4) is 0 Å². The highest BCUT2D eigenvalue weighted by Gasteiger charge is 2.21. The van der Waals surface area contributed by atoms with Gasteiger partial charge in [0, 0.05) is 12.5 Å². The zero-order valence-electron chi connectivity index (χ0n) is 5.86. The minimum Gasteiger partial charge on any atom is -0.447 e. The van der Waals surface area contributed by atoms with E-state index in [1.807, 2.05) is 12.3 Å². The lowest BCUT2D eigenvalue weighted by Gasteiger charge is -2.23. The summed E-state index contributed by atoms with van der Waals surface area (Å²) in [5, 5.41) is 1.96. The standard InChI is InChI=1S/C5H9O2PS2/c1-5-3-10-4-8(9,6-2)7-5/h3H,4H2,1-2H3/t8-/m0/s1. The summed E-state index contributed by atoms with van der Waals surface area (Å²) in [4.78, 5) is 0. The zero-order valence-corrected chi connectivity index (χ0v) is 8.39. The van der Waals surface area contributed by atoms with Gasteiger partial charge in [-0.15, -0.1) is 11.8 Å². The Balaban J connectivity index is 2.69. The number of thioether (sulfide) groups is 1. The zero-order chi connectivity index (χ0) is 7.61. The lowest BCUT2D eigenvalue weighted by atomic mass is 10.7. The van der Waals surface area contributed by atoms with Crippen molar-refractivity contribution in [3.05, 3.63) is 11.2 Å². The monoisotopic (exact) mass is 196 g/mol. The summed E-state index contributed by atoms with van der Waals surface area (Å²) in [6, 6.07) is 0. The van der Waals surface area contributed by atoms with E-state index in [1.54, 1.807) is 18.9 Å². The van der Waals surface area contributed by atoms with E-state index in [0.717, 1.165) is 11.3 Å². The molecule has 0 N–H and O–H groups in total. The normalized spacial score (nSPS) is 32.8. The van der Waals surface area contributed by atoms with Crippen LogP contribution in [0.1, 0.15) is 6.92 Å². The molecule has 0 saturated heterocycles. The van der Waals surface area contributed by atoms with Gasteiger partial charge in [-0.25, -0.2) is 0 Å². The Kier molecular flexibility index (Phi) is 2.81. The fourth-order valence-corrected chi connectivity index (χ4v) is 4.08. The van der Waals surface area contributed by atoms with Gasteiger partial charge in [-0.3, -0.25) is 0 Å². The van der Waals surface area contributed by atoms with E-state index in [9.17, 15) is 0 Å². The van der Waals surface area contributed by atoms with E-state index >= 15 is 0 Å². The van der Waals surface area contributed by atoms with Crippen LogP contribution in [0, 0.1) is 0 Å². The molecule has 0 fully saturated rings. The Labute approximate surface area is 70.1 Å². The summed E-state index contributed by atoms with van der Waals surface area (Å²) in [6.45, 7) is -0.0274. The molecule has 5 heteroatoms. The quantitative estimate of drug-likeness (QED) is 0.599. The second-order valence-electron chi connectivity index (χ2n) is 1.91. The predicted octanol–water partition coefficient (Wildman–Crippen LogP) is 2.52. The molecule has 0 aromatic carbocycles. The van der Waals surface area contributed by atoms with Gasteiger partial charge < -0.3 is 9.05 Å². The lowest BCUT2D eigenvalue weighted by molar-refractivity contribution is 0.349. The van der Waals surface area contributed by atoms with Crippen molar-refractivity contribution in [3.63, 3.8) is 0 Å². The van der Waals surface area contributed by atoms with Crippen molar-refractivity contribution in [2.45, 2.75) is 6.92 Å². The minimum atomic E-state index is -1.92. The van der Waals surface area contributed by atoms with Crippen molar-refractivity contribution in [1.29, 1.82) is 0 Å². The SMILES string of the molecule is CO[P@@]1(=S)CSC=C(C)O1. The Morgan fingerprint density at radius 3 is 3.00 bits per heavy atom. The Hall–Kier alpha value is 0.500. The molecule has 0 saturated carbocycles. The van der Waals surface area contributed by atoms with Crippen molar-refractivity contribution in [3.8, 4) is 0 Å².